The Hall–Kier alpha value is -2.42. The predicted molar refractivity (Wildman–Crippen MR) is 83.8 cm³/mol. The second kappa shape index (κ2) is 7.45. The molecule has 0 saturated carbocycles. The number of carbonyl (C=O) groups is 1. The Morgan fingerprint density at radius 2 is 1.50 bits per heavy atom. The van der Waals surface area contributed by atoms with Crippen LogP contribution in [0.4, 0.5) is 36.8 Å². The number of anilines is 1. The standard InChI is InChI=1S/C16H11ClF6N2O/c17-12-3-1-2-9(4-12)8-24-14(26)25-13-6-10(15(18,19)20)5-11(7-13)16(21,22)23/h1-7H,8H2,(H2,24,25,26). The maximum absolute atomic E-state index is 12.8. The number of rotatable bonds is 3. The summed E-state index contributed by atoms with van der Waals surface area (Å²) in [5.74, 6) is 0. The van der Waals surface area contributed by atoms with E-state index >= 15 is 0 Å². The maximum atomic E-state index is 12.8. The molecule has 0 aliphatic heterocycles. The first-order valence-electron chi connectivity index (χ1n) is 7.04. The Morgan fingerprint density at radius 3 is 2.00 bits per heavy atom. The number of halogens is 7. The van der Waals surface area contributed by atoms with Crippen LogP contribution in [0.2, 0.25) is 5.02 Å². The van der Waals surface area contributed by atoms with Crippen LogP contribution in [-0.2, 0) is 18.9 Å². The van der Waals surface area contributed by atoms with Gasteiger partial charge in [0.1, 0.15) is 0 Å². The SMILES string of the molecule is O=C(NCc1cccc(Cl)c1)Nc1cc(C(F)(F)F)cc(C(F)(F)F)c1. The van der Waals surface area contributed by atoms with Crippen LogP contribution >= 0.6 is 11.6 Å². The maximum Gasteiger partial charge on any atom is 0.416 e. The van der Waals surface area contributed by atoms with Gasteiger partial charge in [-0.1, -0.05) is 23.7 Å². The third-order valence-electron chi connectivity index (χ3n) is 3.19. The van der Waals surface area contributed by atoms with Gasteiger partial charge in [0.25, 0.3) is 0 Å². The van der Waals surface area contributed by atoms with E-state index in [0.29, 0.717) is 22.7 Å². The number of nitrogens with one attached hydrogen (secondary N) is 2. The lowest BCUT2D eigenvalue weighted by molar-refractivity contribution is -0.143. The first kappa shape index (κ1) is 19.9. The molecule has 0 atom stereocenters. The first-order chi connectivity index (χ1) is 11.9. The molecule has 140 valence electrons. The van der Waals surface area contributed by atoms with Crippen molar-refractivity contribution in [2.45, 2.75) is 18.9 Å². The first-order valence-corrected chi connectivity index (χ1v) is 7.42. The Balaban J connectivity index is 2.15. The van der Waals surface area contributed by atoms with E-state index in [2.05, 4.69) is 5.32 Å². The highest BCUT2D eigenvalue weighted by atomic mass is 35.5. The van der Waals surface area contributed by atoms with Crippen LogP contribution in [0.25, 0.3) is 0 Å². The van der Waals surface area contributed by atoms with Crippen molar-refractivity contribution in [1.82, 2.24) is 5.32 Å². The van der Waals surface area contributed by atoms with Crippen LogP contribution in [0.5, 0.6) is 0 Å². The van der Waals surface area contributed by atoms with Gasteiger partial charge in [-0.25, -0.2) is 4.79 Å². The molecule has 0 bridgehead atoms. The Bertz CT molecular complexity index is 772. The molecule has 2 aromatic rings. The highest BCUT2D eigenvalue weighted by molar-refractivity contribution is 6.30. The van der Waals surface area contributed by atoms with E-state index in [-0.39, 0.29) is 12.6 Å². The van der Waals surface area contributed by atoms with E-state index in [9.17, 15) is 31.1 Å². The summed E-state index contributed by atoms with van der Waals surface area (Å²) in [6, 6.07) is 6.28. The Kier molecular flexibility index (Phi) is 5.70. The minimum atomic E-state index is -4.99. The number of amides is 2. The quantitative estimate of drug-likeness (QED) is 0.642. The van der Waals surface area contributed by atoms with Crippen LogP contribution in [-0.4, -0.2) is 6.03 Å². The third kappa shape index (κ3) is 5.55. The summed E-state index contributed by atoms with van der Waals surface area (Å²) in [6.45, 7) is -0.0164. The molecule has 26 heavy (non-hydrogen) atoms. The van der Waals surface area contributed by atoms with E-state index in [1.54, 1.807) is 24.3 Å². The van der Waals surface area contributed by atoms with Crippen LogP contribution in [0.1, 0.15) is 16.7 Å². The van der Waals surface area contributed by atoms with Gasteiger partial charge >= 0.3 is 18.4 Å². The number of hydrogen-bond acceptors (Lipinski definition) is 1. The molecule has 10 heteroatoms. The zero-order valence-corrected chi connectivity index (χ0v) is 13.6. The molecular weight excluding hydrogens is 386 g/mol. The lowest BCUT2D eigenvalue weighted by atomic mass is 10.1. The summed E-state index contributed by atoms with van der Waals surface area (Å²) in [5.41, 5.74) is -3.06. The minimum absolute atomic E-state index is 0.0164. The molecule has 2 aromatic carbocycles. The normalized spacial score (nSPS) is 12.0. The number of alkyl halides is 6. The van der Waals surface area contributed by atoms with E-state index < -0.39 is 35.2 Å². The Morgan fingerprint density at radius 1 is 0.923 bits per heavy atom. The van der Waals surface area contributed by atoms with Crippen molar-refractivity contribution < 1.29 is 31.1 Å². The van der Waals surface area contributed by atoms with Crippen molar-refractivity contribution in [3.05, 3.63) is 64.2 Å². The molecule has 0 aliphatic rings. The van der Waals surface area contributed by atoms with Gasteiger partial charge < -0.3 is 10.6 Å². The number of carbonyl (C=O) groups excluding carboxylic acids is 1. The molecule has 2 N–H and O–H groups in total. The van der Waals surface area contributed by atoms with Crippen molar-refractivity contribution in [2.75, 3.05) is 5.32 Å². The smallest absolute Gasteiger partial charge is 0.334 e. The number of benzene rings is 2. The summed E-state index contributed by atoms with van der Waals surface area (Å²) >= 11 is 5.77. The molecule has 0 aliphatic carbocycles. The highest BCUT2D eigenvalue weighted by Crippen LogP contribution is 2.37. The monoisotopic (exact) mass is 396 g/mol. The second-order valence-corrected chi connectivity index (χ2v) is 5.67. The zero-order chi connectivity index (χ0) is 19.5. The summed E-state index contributed by atoms with van der Waals surface area (Å²) in [4.78, 5) is 11.8. The van der Waals surface area contributed by atoms with Crippen molar-refractivity contribution >= 4 is 23.3 Å². The van der Waals surface area contributed by atoms with Crippen LogP contribution in [0, 0.1) is 0 Å². The van der Waals surface area contributed by atoms with Gasteiger partial charge in [0.15, 0.2) is 0 Å². The van der Waals surface area contributed by atoms with E-state index in [0.717, 1.165) is 0 Å². The lowest BCUT2D eigenvalue weighted by Crippen LogP contribution is -2.28. The van der Waals surface area contributed by atoms with Gasteiger partial charge in [-0.05, 0) is 35.9 Å². The fourth-order valence-electron chi connectivity index (χ4n) is 2.03. The molecule has 0 saturated heterocycles. The van der Waals surface area contributed by atoms with Crippen molar-refractivity contribution in [2.24, 2.45) is 0 Å². The van der Waals surface area contributed by atoms with Gasteiger partial charge in [0.05, 0.1) is 11.1 Å². The molecule has 0 fully saturated rings. The van der Waals surface area contributed by atoms with Crippen molar-refractivity contribution in [3.8, 4) is 0 Å². The van der Waals surface area contributed by atoms with Gasteiger partial charge in [-0.3, -0.25) is 0 Å². The Labute approximate surface area is 149 Å². The lowest BCUT2D eigenvalue weighted by Gasteiger charge is -2.15. The van der Waals surface area contributed by atoms with Crippen LogP contribution < -0.4 is 10.6 Å². The van der Waals surface area contributed by atoms with Crippen molar-refractivity contribution in [3.63, 3.8) is 0 Å². The molecular formula is C16H11ClF6N2O. The van der Waals surface area contributed by atoms with E-state index in [1.165, 1.54) is 0 Å². The van der Waals surface area contributed by atoms with Gasteiger partial charge in [-0.2, -0.15) is 26.3 Å². The molecule has 2 rings (SSSR count). The van der Waals surface area contributed by atoms with E-state index in [4.69, 9.17) is 11.6 Å². The molecule has 3 nitrogen and oxygen atoms in total. The molecule has 0 aromatic heterocycles. The molecule has 0 radical (unpaired) electrons. The topological polar surface area (TPSA) is 41.1 Å². The summed E-state index contributed by atoms with van der Waals surface area (Å²) < 4.78 is 76.6. The average Bonchev–Trinajstić information content (AvgIpc) is 2.51. The highest BCUT2D eigenvalue weighted by Gasteiger charge is 2.37. The van der Waals surface area contributed by atoms with Gasteiger partial charge in [0.2, 0.25) is 0 Å². The number of hydrogen-bond donors (Lipinski definition) is 2. The van der Waals surface area contributed by atoms with E-state index in [1.807, 2.05) is 5.32 Å². The fourth-order valence-corrected chi connectivity index (χ4v) is 2.24. The van der Waals surface area contributed by atoms with Gasteiger partial charge in [-0.15, -0.1) is 0 Å². The second-order valence-electron chi connectivity index (χ2n) is 5.23. The van der Waals surface area contributed by atoms with Crippen LogP contribution in [0.3, 0.4) is 0 Å². The molecule has 2 amide bonds. The number of urea groups is 1. The predicted octanol–water partition coefficient (Wildman–Crippen LogP) is 5.70. The summed E-state index contributed by atoms with van der Waals surface area (Å²) in [6.07, 6.45) is -9.98. The average molecular weight is 397 g/mol. The van der Waals surface area contributed by atoms with Gasteiger partial charge in [0, 0.05) is 17.3 Å². The minimum Gasteiger partial charge on any atom is -0.334 e. The zero-order valence-electron chi connectivity index (χ0n) is 12.8. The largest absolute Gasteiger partial charge is 0.416 e. The van der Waals surface area contributed by atoms with Crippen LogP contribution in [0.15, 0.2) is 42.5 Å². The molecule has 0 heterocycles. The fraction of sp³-hybridized carbons (Fsp3) is 0.188. The summed E-state index contributed by atoms with van der Waals surface area (Å²) in [7, 11) is 0. The molecule has 0 unspecified atom stereocenters. The summed E-state index contributed by atoms with van der Waals surface area (Å²) in [5, 5.41) is 4.70. The van der Waals surface area contributed by atoms with Crippen molar-refractivity contribution in [1.29, 1.82) is 0 Å². The molecule has 0 spiro atoms. The third-order valence-corrected chi connectivity index (χ3v) is 3.42.